The van der Waals surface area contributed by atoms with Crippen LogP contribution in [0.25, 0.3) is 0 Å². The molecule has 104 valence electrons. The van der Waals surface area contributed by atoms with Gasteiger partial charge in [-0.25, -0.2) is 4.98 Å². The summed E-state index contributed by atoms with van der Waals surface area (Å²) in [7, 11) is 1.54. The third-order valence-electron chi connectivity index (χ3n) is 3.26. The standard InChI is InChI=1S/C13H18N2O4/c1-18-9-15-7-11(14-13(15)8-16)6-12(17)10-2-4-19-5-3-10/h7-8,10H,2-6,9H2,1H3. The van der Waals surface area contributed by atoms with E-state index in [9.17, 15) is 9.59 Å². The van der Waals surface area contributed by atoms with Gasteiger partial charge in [0.2, 0.25) is 0 Å². The third-order valence-corrected chi connectivity index (χ3v) is 3.26. The van der Waals surface area contributed by atoms with E-state index in [0.717, 1.165) is 12.8 Å². The Labute approximate surface area is 111 Å². The molecule has 0 aliphatic carbocycles. The van der Waals surface area contributed by atoms with E-state index in [0.29, 0.717) is 25.2 Å². The van der Waals surface area contributed by atoms with Crippen LogP contribution in [0.5, 0.6) is 0 Å². The quantitative estimate of drug-likeness (QED) is 0.713. The minimum atomic E-state index is 0.0565. The predicted octanol–water partition coefficient (Wildman–Crippen LogP) is 0.838. The zero-order chi connectivity index (χ0) is 13.7. The van der Waals surface area contributed by atoms with E-state index in [1.807, 2.05) is 0 Å². The van der Waals surface area contributed by atoms with Crippen molar-refractivity contribution in [3.63, 3.8) is 0 Å². The summed E-state index contributed by atoms with van der Waals surface area (Å²) in [5.74, 6) is 0.514. The van der Waals surface area contributed by atoms with Gasteiger partial charge in [0, 0.05) is 32.4 Å². The lowest BCUT2D eigenvalue weighted by atomic mass is 9.93. The first-order chi connectivity index (χ1) is 9.24. The molecule has 6 nitrogen and oxygen atoms in total. The monoisotopic (exact) mass is 266 g/mol. The third kappa shape index (κ3) is 3.48. The summed E-state index contributed by atoms with van der Waals surface area (Å²) in [6, 6.07) is 0. The van der Waals surface area contributed by atoms with Crippen LogP contribution in [0.3, 0.4) is 0 Å². The summed E-state index contributed by atoms with van der Waals surface area (Å²) in [6.45, 7) is 1.55. The summed E-state index contributed by atoms with van der Waals surface area (Å²) in [5, 5.41) is 0. The molecule has 1 aromatic rings. The minimum Gasteiger partial charge on any atom is -0.381 e. The van der Waals surface area contributed by atoms with Crippen molar-refractivity contribution in [1.82, 2.24) is 9.55 Å². The van der Waals surface area contributed by atoms with Crippen LogP contribution < -0.4 is 0 Å². The number of methoxy groups -OCH3 is 1. The van der Waals surface area contributed by atoms with Crippen molar-refractivity contribution in [2.45, 2.75) is 26.0 Å². The molecule has 1 aromatic heterocycles. The van der Waals surface area contributed by atoms with Crippen molar-refractivity contribution in [1.29, 1.82) is 0 Å². The van der Waals surface area contributed by atoms with Gasteiger partial charge in [0.25, 0.3) is 0 Å². The molecule has 0 saturated carbocycles. The summed E-state index contributed by atoms with van der Waals surface area (Å²) >= 11 is 0. The number of nitrogens with zero attached hydrogens (tertiary/aromatic N) is 2. The molecule has 0 amide bonds. The molecular weight excluding hydrogens is 248 g/mol. The van der Waals surface area contributed by atoms with E-state index in [-0.39, 0.29) is 30.7 Å². The maximum atomic E-state index is 12.1. The Balaban J connectivity index is 2.01. The number of imidazole rings is 1. The van der Waals surface area contributed by atoms with Crippen molar-refractivity contribution in [2.24, 2.45) is 5.92 Å². The Hall–Kier alpha value is -1.53. The second-order valence-corrected chi connectivity index (χ2v) is 4.63. The molecule has 0 aromatic carbocycles. The largest absolute Gasteiger partial charge is 0.381 e. The number of aromatic nitrogens is 2. The first-order valence-corrected chi connectivity index (χ1v) is 6.35. The maximum Gasteiger partial charge on any atom is 0.185 e. The molecule has 6 heteroatoms. The van der Waals surface area contributed by atoms with E-state index in [1.54, 1.807) is 17.9 Å². The molecule has 2 rings (SSSR count). The number of ketones is 1. The van der Waals surface area contributed by atoms with Gasteiger partial charge in [0.1, 0.15) is 12.5 Å². The molecule has 0 bridgehead atoms. The topological polar surface area (TPSA) is 70.4 Å². The molecule has 0 atom stereocenters. The number of carbonyl (C=O) groups is 2. The lowest BCUT2D eigenvalue weighted by Crippen LogP contribution is -2.24. The predicted molar refractivity (Wildman–Crippen MR) is 66.9 cm³/mol. The van der Waals surface area contributed by atoms with Crippen LogP contribution in [-0.2, 0) is 27.4 Å². The molecule has 1 fully saturated rings. The Morgan fingerprint density at radius 2 is 2.32 bits per heavy atom. The van der Waals surface area contributed by atoms with Gasteiger partial charge in [-0.15, -0.1) is 0 Å². The molecule has 1 aliphatic heterocycles. The molecule has 0 spiro atoms. The second kappa shape index (κ2) is 6.58. The number of ether oxygens (including phenoxy) is 2. The SMILES string of the molecule is COCn1cc(CC(=O)C2CCOCC2)nc1C=O. The van der Waals surface area contributed by atoms with Crippen LogP contribution in [0.1, 0.15) is 29.2 Å². The number of Topliss-reactive ketones (excluding diaryl/α,β-unsaturated/α-hetero) is 1. The normalized spacial score (nSPS) is 16.5. The summed E-state index contributed by atoms with van der Waals surface area (Å²) < 4.78 is 11.8. The fourth-order valence-corrected chi connectivity index (χ4v) is 2.25. The van der Waals surface area contributed by atoms with Gasteiger partial charge >= 0.3 is 0 Å². The average Bonchev–Trinajstić information content (AvgIpc) is 2.82. The van der Waals surface area contributed by atoms with Crippen molar-refractivity contribution in [3.8, 4) is 0 Å². The van der Waals surface area contributed by atoms with Gasteiger partial charge in [-0.3, -0.25) is 9.59 Å². The van der Waals surface area contributed by atoms with Crippen LogP contribution in [-0.4, -0.2) is 41.9 Å². The molecule has 1 aliphatic rings. The molecule has 1 saturated heterocycles. The fraction of sp³-hybridized carbons (Fsp3) is 0.615. The molecule has 0 N–H and O–H groups in total. The molecule has 19 heavy (non-hydrogen) atoms. The first kappa shape index (κ1) is 13.9. The lowest BCUT2D eigenvalue weighted by molar-refractivity contribution is -0.125. The highest BCUT2D eigenvalue weighted by Gasteiger charge is 2.22. The zero-order valence-electron chi connectivity index (χ0n) is 11.0. The Bertz CT molecular complexity index is 449. The number of aldehydes is 1. The van der Waals surface area contributed by atoms with Gasteiger partial charge in [-0.1, -0.05) is 0 Å². The molecule has 0 unspecified atom stereocenters. The minimum absolute atomic E-state index is 0.0565. The van der Waals surface area contributed by atoms with Crippen LogP contribution in [0, 0.1) is 5.92 Å². The van der Waals surface area contributed by atoms with Gasteiger partial charge in [0.15, 0.2) is 12.1 Å². The average molecular weight is 266 g/mol. The van der Waals surface area contributed by atoms with Crippen molar-refractivity contribution in [3.05, 3.63) is 17.7 Å². The van der Waals surface area contributed by atoms with Gasteiger partial charge in [0.05, 0.1) is 12.1 Å². The highest BCUT2D eigenvalue weighted by molar-refractivity contribution is 5.83. The first-order valence-electron chi connectivity index (χ1n) is 6.35. The van der Waals surface area contributed by atoms with Crippen molar-refractivity contribution >= 4 is 12.1 Å². The number of rotatable bonds is 6. The molecule has 2 heterocycles. The fourth-order valence-electron chi connectivity index (χ4n) is 2.25. The maximum absolute atomic E-state index is 12.1. The number of hydrogen-bond acceptors (Lipinski definition) is 5. The van der Waals surface area contributed by atoms with Crippen LogP contribution in [0.2, 0.25) is 0 Å². The summed E-state index contributed by atoms with van der Waals surface area (Å²) in [5.41, 5.74) is 0.621. The highest BCUT2D eigenvalue weighted by atomic mass is 16.5. The highest BCUT2D eigenvalue weighted by Crippen LogP contribution is 2.17. The molecule has 0 radical (unpaired) electrons. The Kier molecular flexibility index (Phi) is 4.81. The van der Waals surface area contributed by atoms with Crippen LogP contribution in [0.4, 0.5) is 0 Å². The Morgan fingerprint density at radius 1 is 1.58 bits per heavy atom. The van der Waals surface area contributed by atoms with E-state index < -0.39 is 0 Å². The lowest BCUT2D eigenvalue weighted by Gasteiger charge is -2.20. The molecular formula is C13H18N2O4. The summed E-state index contributed by atoms with van der Waals surface area (Å²) in [6.07, 6.45) is 4.18. The van der Waals surface area contributed by atoms with Crippen molar-refractivity contribution in [2.75, 3.05) is 20.3 Å². The van der Waals surface area contributed by atoms with E-state index >= 15 is 0 Å². The van der Waals surface area contributed by atoms with Gasteiger partial charge in [-0.05, 0) is 12.8 Å². The van der Waals surface area contributed by atoms with Gasteiger partial charge < -0.3 is 14.0 Å². The van der Waals surface area contributed by atoms with Crippen molar-refractivity contribution < 1.29 is 19.1 Å². The Morgan fingerprint density at radius 3 is 2.95 bits per heavy atom. The number of carbonyl (C=O) groups excluding carboxylic acids is 2. The van der Waals surface area contributed by atoms with E-state index in [2.05, 4.69) is 4.98 Å². The van der Waals surface area contributed by atoms with Gasteiger partial charge in [-0.2, -0.15) is 0 Å². The van der Waals surface area contributed by atoms with E-state index in [1.165, 1.54) is 0 Å². The second-order valence-electron chi connectivity index (χ2n) is 4.63. The summed E-state index contributed by atoms with van der Waals surface area (Å²) in [4.78, 5) is 27.1. The zero-order valence-corrected chi connectivity index (χ0v) is 11.0. The van der Waals surface area contributed by atoms with Crippen LogP contribution >= 0.6 is 0 Å². The number of hydrogen-bond donors (Lipinski definition) is 0. The smallest absolute Gasteiger partial charge is 0.185 e. The van der Waals surface area contributed by atoms with E-state index in [4.69, 9.17) is 9.47 Å². The van der Waals surface area contributed by atoms with Crippen LogP contribution in [0.15, 0.2) is 6.20 Å².